The van der Waals surface area contributed by atoms with Crippen LogP contribution in [0.1, 0.15) is 30.1 Å². The zero-order chi connectivity index (χ0) is 20.1. The molecule has 1 aromatic heterocycles. The maximum atomic E-state index is 12.8. The van der Waals surface area contributed by atoms with Crippen molar-refractivity contribution in [1.82, 2.24) is 10.3 Å². The van der Waals surface area contributed by atoms with Crippen molar-refractivity contribution in [3.63, 3.8) is 0 Å². The number of primary amides is 1. The summed E-state index contributed by atoms with van der Waals surface area (Å²) in [6.45, 7) is 3.24. The average Bonchev–Trinajstić information content (AvgIpc) is 3.13. The lowest BCUT2D eigenvalue weighted by atomic mass is 10.0. The number of rotatable bonds is 8. The maximum absolute atomic E-state index is 12.8. The quantitative estimate of drug-likeness (QED) is 0.559. The molecule has 2 heterocycles. The van der Waals surface area contributed by atoms with Crippen molar-refractivity contribution in [1.29, 1.82) is 0 Å². The Morgan fingerprint density at radius 2 is 2.21 bits per heavy atom. The van der Waals surface area contributed by atoms with E-state index in [9.17, 15) is 9.59 Å². The van der Waals surface area contributed by atoms with Crippen molar-refractivity contribution >= 4 is 44.3 Å². The summed E-state index contributed by atoms with van der Waals surface area (Å²) in [4.78, 5) is 29.2. The molecular weight excluding hydrogens is 396 g/mol. The standard InChI is InChI=1S/C19H24N4O3S2/c1-19(7-3-9-26-19)11-23-18(25)13-5-6-15(16-12(13)4-2-8-22-16)28-27-10-14(20)17(21)24/h2,4-6,8,14H,3,7,9-11,20H2,1H3,(H2,21,24)(H,23,25)/t14-,19?/m0/s1. The molecule has 150 valence electrons. The largest absolute Gasteiger partial charge is 0.373 e. The zero-order valence-electron chi connectivity index (χ0n) is 15.6. The summed E-state index contributed by atoms with van der Waals surface area (Å²) in [7, 11) is 2.90. The number of hydrogen-bond acceptors (Lipinski definition) is 7. The highest BCUT2D eigenvalue weighted by Crippen LogP contribution is 2.36. The van der Waals surface area contributed by atoms with Gasteiger partial charge in [0.25, 0.3) is 5.91 Å². The lowest BCUT2D eigenvalue weighted by Gasteiger charge is -2.23. The summed E-state index contributed by atoms with van der Waals surface area (Å²) >= 11 is 0. The van der Waals surface area contributed by atoms with E-state index in [4.69, 9.17) is 16.2 Å². The Labute approximate surface area is 171 Å². The summed E-state index contributed by atoms with van der Waals surface area (Å²) in [6, 6.07) is 6.67. The van der Waals surface area contributed by atoms with Gasteiger partial charge in [-0.2, -0.15) is 0 Å². The summed E-state index contributed by atoms with van der Waals surface area (Å²) in [5, 5.41) is 3.77. The van der Waals surface area contributed by atoms with Gasteiger partial charge in [0.05, 0.1) is 17.2 Å². The summed E-state index contributed by atoms with van der Waals surface area (Å²) in [6.07, 6.45) is 3.65. The number of carbonyl (C=O) groups excluding carboxylic acids is 2. The highest BCUT2D eigenvalue weighted by Gasteiger charge is 2.30. The van der Waals surface area contributed by atoms with Crippen molar-refractivity contribution in [2.75, 3.05) is 18.9 Å². The van der Waals surface area contributed by atoms with Gasteiger partial charge in [0.1, 0.15) is 0 Å². The third-order valence-electron chi connectivity index (χ3n) is 4.66. The van der Waals surface area contributed by atoms with E-state index in [2.05, 4.69) is 10.3 Å². The van der Waals surface area contributed by atoms with Gasteiger partial charge in [-0.1, -0.05) is 27.7 Å². The minimum atomic E-state index is -0.694. The van der Waals surface area contributed by atoms with E-state index >= 15 is 0 Å². The first-order valence-corrected chi connectivity index (χ1v) is 11.4. The molecule has 1 aliphatic heterocycles. The Balaban J connectivity index is 1.73. The van der Waals surface area contributed by atoms with Crippen LogP contribution in [0.3, 0.4) is 0 Å². The Morgan fingerprint density at radius 3 is 2.93 bits per heavy atom. The van der Waals surface area contributed by atoms with Gasteiger partial charge in [0.15, 0.2) is 0 Å². The van der Waals surface area contributed by atoms with Crippen molar-refractivity contribution in [3.8, 4) is 0 Å². The molecule has 0 aliphatic carbocycles. The van der Waals surface area contributed by atoms with Gasteiger partial charge in [-0.25, -0.2) is 0 Å². The van der Waals surface area contributed by atoms with Gasteiger partial charge in [0, 0.05) is 40.9 Å². The summed E-state index contributed by atoms with van der Waals surface area (Å²) < 4.78 is 5.74. The Kier molecular flexibility index (Phi) is 6.82. The van der Waals surface area contributed by atoms with Crippen LogP contribution < -0.4 is 16.8 Å². The van der Waals surface area contributed by atoms with Crippen LogP contribution >= 0.6 is 21.6 Å². The number of amides is 2. The number of carbonyl (C=O) groups is 2. The Hall–Kier alpha value is -1.81. The van der Waals surface area contributed by atoms with Crippen LogP contribution in [0.5, 0.6) is 0 Å². The van der Waals surface area contributed by atoms with E-state index in [1.54, 1.807) is 12.3 Å². The first kappa shape index (κ1) is 20.9. The molecule has 1 aliphatic rings. The van der Waals surface area contributed by atoms with Crippen molar-refractivity contribution < 1.29 is 14.3 Å². The number of pyridine rings is 1. The van der Waals surface area contributed by atoms with Crippen LogP contribution in [-0.4, -0.2) is 47.3 Å². The fraction of sp³-hybridized carbons (Fsp3) is 0.421. The van der Waals surface area contributed by atoms with E-state index in [1.165, 1.54) is 21.6 Å². The van der Waals surface area contributed by atoms with Gasteiger partial charge >= 0.3 is 0 Å². The number of nitrogens with two attached hydrogens (primary N) is 2. The number of fused-ring (bicyclic) bond motifs is 1. The number of hydrogen-bond donors (Lipinski definition) is 3. The maximum Gasteiger partial charge on any atom is 0.252 e. The summed E-state index contributed by atoms with van der Waals surface area (Å²) in [5.74, 6) is -0.271. The van der Waals surface area contributed by atoms with Crippen molar-refractivity contribution in [2.45, 2.75) is 36.3 Å². The molecule has 0 radical (unpaired) electrons. The number of ether oxygens (including phenoxy) is 1. The van der Waals surface area contributed by atoms with E-state index in [1.807, 2.05) is 25.1 Å². The van der Waals surface area contributed by atoms with E-state index in [0.717, 1.165) is 35.2 Å². The molecule has 0 spiro atoms. The second kappa shape index (κ2) is 9.13. The molecule has 0 bridgehead atoms. The predicted molar refractivity (Wildman–Crippen MR) is 113 cm³/mol. The number of nitrogens with zero attached hydrogens (tertiary/aromatic N) is 1. The van der Waals surface area contributed by atoms with Crippen LogP contribution in [0, 0.1) is 0 Å². The van der Waals surface area contributed by atoms with E-state index in [-0.39, 0.29) is 11.5 Å². The second-order valence-corrected chi connectivity index (χ2v) is 9.35. The SMILES string of the molecule is CC1(CNC(=O)c2ccc(SSC[C@H](N)C(N)=O)c3ncccc23)CCCO1. The first-order chi connectivity index (χ1) is 13.4. The van der Waals surface area contributed by atoms with E-state index < -0.39 is 11.9 Å². The first-order valence-electron chi connectivity index (χ1n) is 9.04. The van der Waals surface area contributed by atoms with Gasteiger partial charge in [-0.15, -0.1) is 0 Å². The monoisotopic (exact) mass is 420 g/mol. The lowest BCUT2D eigenvalue weighted by molar-refractivity contribution is -0.118. The number of aromatic nitrogens is 1. The fourth-order valence-electron chi connectivity index (χ4n) is 3.00. The fourth-order valence-corrected chi connectivity index (χ4v) is 5.30. The van der Waals surface area contributed by atoms with Gasteiger partial charge in [0.2, 0.25) is 5.91 Å². The zero-order valence-corrected chi connectivity index (χ0v) is 17.3. The van der Waals surface area contributed by atoms with Crippen LogP contribution in [0.4, 0.5) is 0 Å². The molecule has 7 nitrogen and oxygen atoms in total. The van der Waals surface area contributed by atoms with E-state index in [0.29, 0.717) is 17.9 Å². The van der Waals surface area contributed by atoms with Crippen LogP contribution in [0.15, 0.2) is 35.4 Å². The second-order valence-electron chi connectivity index (χ2n) is 6.97. The summed E-state index contributed by atoms with van der Waals surface area (Å²) in [5.41, 5.74) is 11.9. The smallest absolute Gasteiger partial charge is 0.252 e. The molecule has 2 atom stereocenters. The molecular formula is C19H24N4O3S2. The van der Waals surface area contributed by atoms with Crippen LogP contribution in [0.25, 0.3) is 10.9 Å². The number of benzene rings is 1. The Bertz CT molecular complexity index is 871. The highest BCUT2D eigenvalue weighted by atomic mass is 33.1. The molecule has 28 heavy (non-hydrogen) atoms. The topological polar surface area (TPSA) is 120 Å². The van der Waals surface area contributed by atoms with Gasteiger partial charge in [-0.05, 0) is 38.0 Å². The molecule has 2 amide bonds. The molecule has 9 heteroatoms. The molecule has 1 aromatic carbocycles. The van der Waals surface area contributed by atoms with Gasteiger partial charge < -0.3 is 21.5 Å². The van der Waals surface area contributed by atoms with Crippen LogP contribution in [0.2, 0.25) is 0 Å². The Morgan fingerprint density at radius 1 is 1.39 bits per heavy atom. The lowest BCUT2D eigenvalue weighted by Crippen LogP contribution is -2.40. The third-order valence-corrected chi connectivity index (χ3v) is 7.08. The van der Waals surface area contributed by atoms with Crippen molar-refractivity contribution in [3.05, 3.63) is 36.0 Å². The molecule has 1 saturated heterocycles. The van der Waals surface area contributed by atoms with Gasteiger partial charge in [-0.3, -0.25) is 14.6 Å². The predicted octanol–water partition coefficient (Wildman–Crippen LogP) is 2.09. The molecule has 1 unspecified atom stereocenters. The van der Waals surface area contributed by atoms with Crippen LogP contribution in [-0.2, 0) is 9.53 Å². The number of nitrogens with one attached hydrogen (secondary N) is 1. The minimum Gasteiger partial charge on any atom is -0.373 e. The molecule has 2 aromatic rings. The molecule has 1 fully saturated rings. The van der Waals surface area contributed by atoms with Crippen molar-refractivity contribution in [2.24, 2.45) is 11.5 Å². The molecule has 3 rings (SSSR count). The minimum absolute atomic E-state index is 0.144. The third kappa shape index (κ3) is 4.96. The normalized spacial score (nSPS) is 20.2. The highest BCUT2D eigenvalue weighted by molar-refractivity contribution is 8.76. The molecule has 5 N–H and O–H groups in total. The molecule has 0 saturated carbocycles. The average molecular weight is 421 g/mol.